The molecule has 0 heterocycles. The fourth-order valence-electron chi connectivity index (χ4n) is 1.93. The SMILES string of the molecule is CCCCOc1cc(C(NC(=O)C(Cl)Cl)NC(=O)C(Cl)Cl)ccc1OC. The van der Waals surface area contributed by atoms with Gasteiger partial charge in [0.15, 0.2) is 21.2 Å². The number of benzene rings is 1. The van der Waals surface area contributed by atoms with Crippen LogP contribution in [0.3, 0.4) is 0 Å². The van der Waals surface area contributed by atoms with Gasteiger partial charge in [0, 0.05) is 0 Å². The molecule has 0 saturated carbocycles. The van der Waals surface area contributed by atoms with Gasteiger partial charge in [-0.15, -0.1) is 0 Å². The molecule has 0 aliphatic rings. The van der Waals surface area contributed by atoms with Crippen LogP contribution in [0, 0.1) is 0 Å². The summed E-state index contributed by atoms with van der Waals surface area (Å²) in [6.07, 6.45) is 0.871. The molecule has 1 aromatic rings. The fraction of sp³-hybridized carbons (Fsp3) is 0.500. The minimum atomic E-state index is -1.31. The Balaban J connectivity index is 3.11. The van der Waals surface area contributed by atoms with Gasteiger partial charge >= 0.3 is 0 Å². The van der Waals surface area contributed by atoms with E-state index in [-0.39, 0.29) is 0 Å². The first kappa shape index (κ1) is 23.0. The lowest BCUT2D eigenvalue weighted by atomic mass is 10.1. The highest BCUT2D eigenvalue weighted by Gasteiger charge is 2.24. The molecule has 1 rings (SSSR count). The summed E-state index contributed by atoms with van der Waals surface area (Å²) < 4.78 is 11.0. The highest BCUT2D eigenvalue weighted by molar-refractivity contribution is 6.54. The average molecular weight is 446 g/mol. The van der Waals surface area contributed by atoms with Crippen LogP contribution in [-0.2, 0) is 9.59 Å². The van der Waals surface area contributed by atoms with Crippen molar-refractivity contribution in [1.29, 1.82) is 0 Å². The minimum Gasteiger partial charge on any atom is -0.493 e. The first-order chi connectivity index (χ1) is 12.3. The van der Waals surface area contributed by atoms with Crippen LogP contribution in [-0.4, -0.2) is 35.2 Å². The van der Waals surface area contributed by atoms with Crippen molar-refractivity contribution >= 4 is 58.2 Å². The molecule has 0 spiro atoms. The van der Waals surface area contributed by atoms with Crippen molar-refractivity contribution in [3.63, 3.8) is 0 Å². The molecule has 0 unspecified atom stereocenters. The number of hydrogen-bond acceptors (Lipinski definition) is 4. The van der Waals surface area contributed by atoms with Crippen LogP contribution in [0.2, 0.25) is 0 Å². The van der Waals surface area contributed by atoms with E-state index in [2.05, 4.69) is 10.6 Å². The number of ether oxygens (including phenoxy) is 2. The molecule has 0 atom stereocenters. The summed E-state index contributed by atoms with van der Waals surface area (Å²) in [7, 11) is 1.51. The van der Waals surface area contributed by atoms with E-state index in [0.717, 1.165) is 12.8 Å². The zero-order valence-electron chi connectivity index (χ0n) is 14.2. The van der Waals surface area contributed by atoms with Crippen molar-refractivity contribution in [3.05, 3.63) is 23.8 Å². The lowest BCUT2D eigenvalue weighted by Gasteiger charge is -2.22. The van der Waals surface area contributed by atoms with Gasteiger partial charge in [-0.25, -0.2) is 0 Å². The topological polar surface area (TPSA) is 76.7 Å². The van der Waals surface area contributed by atoms with E-state index in [0.29, 0.717) is 23.7 Å². The summed E-state index contributed by atoms with van der Waals surface area (Å²) in [5, 5.41) is 5.00. The van der Waals surface area contributed by atoms with E-state index in [4.69, 9.17) is 55.9 Å². The molecule has 0 aromatic heterocycles. The summed E-state index contributed by atoms with van der Waals surface area (Å²) in [6.45, 7) is 2.54. The molecule has 0 saturated heterocycles. The Morgan fingerprint density at radius 2 is 1.62 bits per heavy atom. The third kappa shape index (κ3) is 7.27. The van der Waals surface area contributed by atoms with Crippen molar-refractivity contribution in [3.8, 4) is 11.5 Å². The Kier molecular flexibility index (Phi) is 10.2. The second-order valence-corrected chi connectivity index (χ2v) is 7.36. The van der Waals surface area contributed by atoms with Crippen molar-refractivity contribution in [2.24, 2.45) is 0 Å². The number of nitrogens with one attached hydrogen (secondary N) is 2. The number of methoxy groups -OCH3 is 1. The standard InChI is InChI=1S/C16H20Cl4N2O4/c1-3-4-7-26-11-8-9(5-6-10(11)25-2)14(21-15(23)12(17)18)22-16(24)13(19)20/h5-6,8,12-14H,3-4,7H2,1-2H3,(H,21,23)(H,22,24). The van der Waals surface area contributed by atoms with Gasteiger partial charge in [-0.1, -0.05) is 65.8 Å². The van der Waals surface area contributed by atoms with Gasteiger partial charge in [0.2, 0.25) is 0 Å². The maximum Gasteiger partial charge on any atom is 0.255 e. The highest BCUT2D eigenvalue weighted by Crippen LogP contribution is 2.30. The number of halogens is 4. The van der Waals surface area contributed by atoms with E-state index in [1.165, 1.54) is 7.11 Å². The van der Waals surface area contributed by atoms with Crippen molar-refractivity contribution in [2.75, 3.05) is 13.7 Å². The minimum absolute atomic E-state index is 0.466. The molecule has 1 aromatic carbocycles. The Labute approximate surface area is 172 Å². The van der Waals surface area contributed by atoms with Crippen LogP contribution >= 0.6 is 46.4 Å². The molecule has 10 heteroatoms. The van der Waals surface area contributed by atoms with Crippen LogP contribution in [0.5, 0.6) is 11.5 Å². The molecule has 0 bridgehead atoms. The number of alkyl halides is 4. The molecule has 0 fully saturated rings. The normalized spacial score (nSPS) is 11.0. The second-order valence-electron chi connectivity index (χ2n) is 5.16. The average Bonchev–Trinajstić information content (AvgIpc) is 2.60. The van der Waals surface area contributed by atoms with Crippen molar-refractivity contribution in [1.82, 2.24) is 10.6 Å². The van der Waals surface area contributed by atoms with Crippen LogP contribution in [0.1, 0.15) is 31.5 Å². The molecule has 6 nitrogen and oxygen atoms in total. The van der Waals surface area contributed by atoms with Gasteiger partial charge in [0.1, 0.15) is 6.17 Å². The molecule has 0 aliphatic carbocycles. The number of hydrogen-bond donors (Lipinski definition) is 2. The van der Waals surface area contributed by atoms with Gasteiger partial charge in [-0.2, -0.15) is 0 Å². The molecule has 2 N–H and O–H groups in total. The van der Waals surface area contributed by atoms with Crippen LogP contribution < -0.4 is 20.1 Å². The highest BCUT2D eigenvalue weighted by atomic mass is 35.5. The third-order valence-electron chi connectivity index (χ3n) is 3.25. The van der Waals surface area contributed by atoms with E-state index in [9.17, 15) is 9.59 Å². The molecule has 0 aliphatic heterocycles. The van der Waals surface area contributed by atoms with Crippen LogP contribution in [0.4, 0.5) is 0 Å². The third-order valence-corrected chi connectivity index (χ3v) is 4.04. The van der Waals surface area contributed by atoms with Gasteiger partial charge in [0.05, 0.1) is 13.7 Å². The monoisotopic (exact) mass is 444 g/mol. The number of carbonyl (C=O) groups excluding carboxylic acids is 2. The molecule has 2 amide bonds. The number of rotatable bonds is 10. The number of amides is 2. The summed E-state index contributed by atoms with van der Waals surface area (Å²) in [5.41, 5.74) is 0.502. The Morgan fingerprint density at radius 3 is 2.08 bits per heavy atom. The smallest absolute Gasteiger partial charge is 0.255 e. The maximum atomic E-state index is 11.8. The summed E-state index contributed by atoms with van der Waals surface area (Å²) in [6, 6.07) is 4.93. The van der Waals surface area contributed by atoms with Gasteiger partial charge in [-0.05, 0) is 24.1 Å². The van der Waals surface area contributed by atoms with Gasteiger partial charge < -0.3 is 20.1 Å². The molecular weight excluding hydrogens is 426 g/mol. The first-order valence-corrected chi connectivity index (χ1v) is 9.52. The number of carbonyl (C=O) groups is 2. The molecular formula is C16H20Cl4N2O4. The largest absolute Gasteiger partial charge is 0.493 e. The van der Waals surface area contributed by atoms with Gasteiger partial charge in [0.25, 0.3) is 11.8 Å². The summed E-state index contributed by atoms with van der Waals surface area (Å²) >= 11 is 22.3. The molecule has 146 valence electrons. The molecule has 26 heavy (non-hydrogen) atoms. The van der Waals surface area contributed by atoms with Crippen LogP contribution in [0.25, 0.3) is 0 Å². The Hall–Kier alpha value is -1.08. The van der Waals surface area contributed by atoms with E-state index in [1.54, 1.807) is 18.2 Å². The van der Waals surface area contributed by atoms with E-state index in [1.807, 2.05) is 6.92 Å². The first-order valence-electron chi connectivity index (χ1n) is 7.77. The maximum absolute atomic E-state index is 11.8. The van der Waals surface area contributed by atoms with Crippen LogP contribution in [0.15, 0.2) is 18.2 Å². The summed E-state index contributed by atoms with van der Waals surface area (Å²) in [4.78, 5) is 21.1. The zero-order chi connectivity index (χ0) is 19.7. The van der Waals surface area contributed by atoms with E-state index < -0.39 is 27.7 Å². The predicted octanol–water partition coefficient (Wildman–Crippen LogP) is 3.71. The fourth-order valence-corrected chi connectivity index (χ4v) is 2.18. The number of unbranched alkanes of at least 4 members (excludes halogenated alkanes) is 1. The van der Waals surface area contributed by atoms with Crippen molar-refractivity contribution in [2.45, 2.75) is 35.6 Å². The lowest BCUT2D eigenvalue weighted by Crippen LogP contribution is -2.44. The molecule has 0 radical (unpaired) electrons. The van der Waals surface area contributed by atoms with Gasteiger partial charge in [-0.3, -0.25) is 9.59 Å². The van der Waals surface area contributed by atoms with E-state index >= 15 is 0 Å². The quantitative estimate of drug-likeness (QED) is 0.327. The Morgan fingerprint density at radius 1 is 1.04 bits per heavy atom. The Bertz CT molecular complexity index is 592. The zero-order valence-corrected chi connectivity index (χ0v) is 17.3. The second kappa shape index (κ2) is 11.6. The lowest BCUT2D eigenvalue weighted by molar-refractivity contribution is -0.122. The predicted molar refractivity (Wildman–Crippen MR) is 103 cm³/mol. The summed E-state index contributed by atoms with van der Waals surface area (Å²) in [5.74, 6) is -0.401. The van der Waals surface area contributed by atoms with Crippen molar-refractivity contribution < 1.29 is 19.1 Å².